The molecule has 18 heavy (non-hydrogen) atoms. The van der Waals surface area contributed by atoms with E-state index in [2.05, 4.69) is 5.32 Å². The van der Waals surface area contributed by atoms with Crippen LogP contribution in [-0.4, -0.2) is 30.4 Å². The second kappa shape index (κ2) is 5.24. The molecule has 98 valence electrons. The van der Waals surface area contributed by atoms with E-state index in [9.17, 15) is 9.18 Å². The fraction of sp³-hybridized carbons (Fsp3) is 0.462. The topological polar surface area (TPSA) is 32.3 Å². The van der Waals surface area contributed by atoms with E-state index < -0.39 is 0 Å². The molecular weight excluding hydrogens is 255 g/mol. The summed E-state index contributed by atoms with van der Waals surface area (Å²) in [5.41, 5.74) is 2.12. The van der Waals surface area contributed by atoms with Crippen molar-refractivity contribution in [2.24, 2.45) is 5.92 Å². The van der Waals surface area contributed by atoms with E-state index >= 15 is 0 Å². The van der Waals surface area contributed by atoms with Crippen LogP contribution >= 0.6 is 12.4 Å². The van der Waals surface area contributed by atoms with Crippen molar-refractivity contribution >= 4 is 18.3 Å². The van der Waals surface area contributed by atoms with Gasteiger partial charge in [-0.25, -0.2) is 4.39 Å². The summed E-state index contributed by atoms with van der Waals surface area (Å²) in [6.07, 6.45) is 0.835. The van der Waals surface area contributed by atoms with Crippen molar-refractivity contribution < 1.29 is 9.18 Å². The summed E-state index contributed by atoms with van der Waals surface area (Å²) in [5.74, 6) is 0.118. The highest BCUT2D eigenvalue weighted by molar-refractivity contribution is 5.85. The molecule has 5 heteroatoms. The highest BCUT2D eigenvalue weighted by Gasteiger charge is 2.30. The molecule has 1 fully saturated rings. The molecule has 2 aliphatic heterocycles. The first kappa shape index (κ1) is 13.3. The molecule has 0 unspecified atom stereocenters. The van der Waals surface area contributed by atoms with E-state index in [1.54, 1.807) is 6.07 Å². The first-order valence-electron chi connectivity index (χ1n) is 6.01. The minimum atomic E-state index is -0.219. The number of hydrogen-bond acceptors (Lipinski definition) is 2. The molecule has 0 radical (unpaired) electrons. The monoisotopic (exact) mass is 270 g/mol. The lowest BCUT2D eigenvalue weighted by Gasteiger charge is -2.35. The van der Waals surface area contributed by atoms with Crippen LogP contribution < -0.4 is 5.32 Å². The molecule has 2 aliphatic rings. The predicted octanol–water partition coefficient (Wildman–Crippen LogP) is 1.35. The van der Waals surface area contributed by atoms with Crippen LogP contribution in [0.3, 0.4) is 0 Å². The van der Waals surface area contributed by atoms with Gasteiger partial charge in [0.1, 0.15) is 5.82 Å². The molecule has 1 amide bonds. The number of carbonyl (C=O) groups is 1. The molecule has 1 aromatic rings. The van der Waals surface area contributed by atoms with Gasteiger partial charge in [-0.05, 0) is 29.7 Å². The lowest BCUT2D eigenvalue weighted by molar-refractivity contribution is -0.138. The summed E-state index contributed by atoms with van der Waals surface area (Å²) < 4.78 is 13.1. The lowest BCUT2D eigenvalue weighted by atomic mass is 9.96. The maximum absolute atomic E-state index is 13.1. The van der Waals surface area contributed by atoms with Crippen LogP contribution in [-0.2, 0) is 17.8 Å². The minimum absolute atomic E-state index is 0. The van der Waals surface area contributed by atoms with Crippen LogP contribution in [0.2, 0.25) is 0 Å². The van der Waals surface area contributed by atoms with Crippen LogP contribution in [0, 0.1) is 11.7 Å². The Labute approximate surface area is 112 Å². The SMILES string of the molecule is Cl.O=C(C1CNC1)N1CCc2ccc(F)cc2C1. The van der Waals surface area contributed by atoms with Crippen LogP contribution in [0.25, 0.3) is 0 Å². The summed E-state index contributed by atoms with van der Waals surface area (Å²) in [4.78, 5) is 13.9. The Hall–Kier alpha value is -1.13. The standard InChI is InChI=1S/C13H15FN2O.ClH/c14-12-2-1-9-3-4-16(8-10(9)5-12)13(17)11-6-15-7-11;/h1-2,5,11,15H,3-4,6-8H2;1H. The Kier molecular flexibility index (Phi) is 3.88. The number of carbonyl (C=O) groups excluding carboxylic acids is 1. The molecule has 0 atom stereocenters. The van der Waals surface area contributed by atoms with Crippen molar-refractivity contribution in [1.29, 1.82) is 0 Å². The molecule has 1 N–H and O–H groups in total. The number of nitrogens with zero attached hydrogens (tertiary/aromatic N) is 1. The zero-order valence-electron chi connectivity index (χ0n) is 9.99. The van der Waals surface area contributed by atoms with Gasteiger partial charge in [-0.1, -0.05) is 6.07 Å². The van der Waals surface area contributed by atoms with Crippen LogP contribution in [0.15, 0.2) is 18.2 Å². The normalized spacial score (nSPS) is 18.6. The number of rotatable bonds is 1. The molecule has 3 rings (SSSR count). The maximum atomic E-state index is 13.1. The average molecular weight is 271 g/mol. The van der Waals surface area contributed by atoms with Crippen molar-refractivity contribution in [3.05, 3.63) is 35.1 Å². The fourth-order valence-corrected chi connectivity index (χ4v) is 2.44. The third-order valence-corrected chi connectivity index (χ3v) is 3.62. The van der Waals surface area contributed by atoms with Crippen molar-refractivity contribution in [1.82, 2.24) is 10.2 Å². The van der Waals surface area contributed by atoms with Gasteiger partial charge < -0.3 is 10.2 Å². The van der Waals surface area contributed by atoms with Crippen molar-refractivity contribution in [3.8, 4) is 0 Å². The molecule has 0 aliphatic carbocycles. The summed E-state index contributed by atoms with van der Waals surface area (Å²) in [6.45, 7) is 2.88. The summed E-state index contributed by atoms with van der Waals surface area (Å²) >= 11 is 0. The van der Waals surface area contributed by atoms with Crippen molar-refractivity contribution in [2.45, 2.75) is 13.0 Å². The molecule has 1 aromatic carbocycles. The van der Waals surface area contributed by atoms with Gasteiger partial charge in [-0.2, -0.15) is 0 Å². The van der Waals surface area contributed by atoms with Gasteiger partial charge >= 0.3 is 0 Å². The zero-order chi connectivity index (χ0) is 11.8. The smallest absolute Gasteiger partial charge is 0.228 e. The van der Waals surface area contributed by atoms with E-state index in [1.165, 1.54) is 11.6 Å². The van der Waals surface area contributed by atoms with Gasteiger partial charge in [0.25, 0.3) is 0 Å². The van der Waals surface area contributed by atoms with Crippen molar-refractivity contribution in [3.63, 3.8) is 0 Å². The second-order valence-electron chi connectivity index (χ2n) is 4.78. The van der Waals surface area contributed by atoms with Gasteiger partial charge in [0.05, 0.1) is 5.92 Å². The summed E-state index contributed by atoms with van der Waals surface area (Å²) in [7, 11) is 0. The number of amides is 1. The molecular formula is C13H16ClFN2O. The molecule has 1 saturated heterocycles. The van der Waals surface area contributed by atoms with E-state index in [0.717, 1.165) is 31.6 Å². The molecule has 0 aromatic heterocycles. The van der Waals surface area contributed by atoms with E-state index in [1.807, 2.05) is 11.0 Å². The second-order valence-corrected chi connectivity index (χ2v) is 4.78. The fourth-order valence-electron chi connectivity index (χ4n) is 2.44. The van der Waals surface area contributed by atoms with Gasteiger partial charge in [0.2, 0.25) is 5.91 Å². The Morgan fingerprint density at radius 2 is 2.11 bits per heavy atom. The van der Waals surface area contributed by atoms with Crippen LogP contribution in [0.5, 0.6) is 0 Å². The molecule has 0 saturated carbocycles. The number of benzene rings is 1. The average Bonchev–Trinajstić information content (AvgIpc) is 2.25. The number of halogens is 2. The largest absolute Gasteiger partial charge is 0.338 e. The first-order valence-corrected chi connectivity index (χ1v) is 6.01. The van der Waals surface area contributed by atoms with E-state index in [-0.39, 0.29) is 30.0 Å². The quantitative estimate of drug-likeness (QED) is 0.836. The molecule has 0 spiro atoms. The number of hydrogen-bond donors (Lipinski definition) is 1. The Morgan fingerprint density at radius 3 is 2.78 bits per heavy atom. The molecule has 0 bridgehead atoms. The summed E-state index contributed by atoms with van der Waals surface area (Å²) in [6, 6.07) is 4.87. The third kappa shape index (κ3) is 2.35. The van der Waals surface area contributed by atoms with Crippen LogP contribution in [0.4, 0.5) is 4.39 Å². The van der Waals surface area contributed by atoms with E-state index in [4.69, 9.17) is 0 Å². The van der Waals surface area contributed by atoms with Gasteiger partial charge in [-0.3, -0.25) is 4.79 Å². The summed E-state index contributed by atoms with van der Waals surface area (Å²) in [5, 5.41) is 3.10. The molecule has 3 nitrogen and oxygen atoms in total. The van der Waals surface area contributed by atoms with Crippen molar-refractivity contribution in [2.75, 3.05) is 19.6 Å². The number of fused-ring (bicyclic) bond motifs is 1. The highest BCUT2D eigenvalue weighted by atomic mass is 35.5. The highest BCUT2D eigenvalue weighted by Crippen LogP contribution is 2.22. The Bertz CT molecular complexity index is 462. The maximum Gasteiger partial charge on any atom is 0.228 e. The zero-order valence-corrected chi connectivity index (χ0v) is 10.8. The third-order valence-electron chi connectivity index (χ3n) is 3.62. The van der Waals surface area contributed by atoms with E-state index in [0.29, 0.717) is 6.54 Å². The van der Waals surface area contributed by atoms with Gasteiger partial charge in [-0.15, -0.1) is 12.4 Å². The Balaban J connectivity index is 0.00000120. The first-order chi connectivity index (χ1) is 8.24. The minimum Gasteiger partial charge on any atom is -0.338 e. The van der Waals surface area contributed by atoms with Gasteiger partial charge in [0.15, 0.2) is 0 Å². The number of nitrogens with one attached hydrogen (secondary N) is 1. The lowest BCUT2D eigenvalue weighted by Crippen LogP contribution is -2.52. The van der Waals surface area contributed by atoms with Crippen LogP contribution in [0.1, 0.15) is 11.1 Å². The Morgan fingerprint density at radius 1 is 1.33 bits per heavy atom. The molecule has 2 heterocycles. The predicted molar refractivity (Wildman–Crippen MR) is 69.1 cm³/mol. The van der Waals surface area contributed by atoms with Gasteiger partial charge in [0, 0.05) is 26.2 Å².